The smallest absolute Gasteiger partial charge is 0.269 e. The van der Waals surface area contributed by atoms with Gasteiger partial charge >= 0.3 is 0 Å². The van der Waals surface area contributed by atoms with Gasteiger partial charge in [-0.15, -0.1) is 0 Å². The molecule has 1 N–H and O–H groups in total. The molecule has 0 amide bonds. The number of hydrogen-bond acceptors (Lipinski definition) is 5. The van der Waals surface area contributed by atoms with E-state index in [1.165, 1.54) is 51.5 Å². The molecule has 0 saturated carbocycles. The number of benzene rings is 3. The Morgan fingerprint density at radius 1 is 0.886 bits per heavy atom. The van der Waals surface area contributed by atoms with Crippen molar-refractivity contribution in [2.45, 2.75) is 56.5 Å². The van der Waals surface area contributed by atoms with Crippen LogP contribution in [0.3, 0.4) is 0 Å². The quantitative estimate of drug-likeness (QED) is 0.111. The number of thiocarbonyl (C=S) groups is 1. The lowest BCUT2D eigenvalue weighted by atomic mass is 9.96. The van der Waals surface area contributed by atoms with Gasteiger partial charge in [0.2, 0.25) is 0 Å². The van der Waals surface area contributed by atoms with Crippen LogP contribution >= 0.6 is 24.0 Å². The van der Waals surface area contributed by atoms with Crippen LogP contribution in [0.1, 0.15) is 51.4 Å². The predicted molar refractivity (Wildman–Crippen MR) is 181 cm³/mol. The molecule has 1 aliphatic rings. The number of hydrogen-bond donors (Lipinski definition) is 1. The van der Waals surface area contributed by atoms with E-state index in [0.717, 1.165) is 21.2 Å². The molecule has 9 heteroatoms. The highest BCUT2D eigenvalue weighted by Crippen LogP contribution is 2.44. The minimum atomic E-state index is -0.384. The van der Waals surface area contributed by atoms with Crippen molar-refractivity contribution >= 4 is 40.5 Å². The molecule has 0 aliphatic carbocycles. The van der Waals surface area contributed by atoms with Gasteiger partial charge in [0.05, 0.1) is 28.4 Å². The molecule has 1 aliphatic heterocycles. The first kappa shape index (κ1) is 29.6. The minimum absolute atomic E-state index is 0.0836. The number of anilines is 1. The average molecular weight is 620 g/mol. The van der Waals surface area contributed by atoms with Gasteiger partial charge < -0.3 is 14.8 Å². The summed E-state index contributed by atoms with van der Waals surface area (Å²) >= 11 is 7.56. The molecule has 1 saturated heterocycles. The van der Waals surface area contributed by atoms with Crippen molar-refractivity contribution in [3.8, 4) is 5.69 Å². The maximum atomic E-state index is 11.0. The standard InChI is InChI=1S/C35H33N5O2S2/c1-21-18-22(2)33(23(3)19-21)38-24(4)20-30(25(38)5)34-32(31-8-6-7-17-36-31)37-35(43)39(34)26-9-13-28(14-10-26)44-29-15-11-27(12-16-29)40(41)42/h6-20,32,34H,1-5H3,(H,37,43). The van der Waals surface area contributed by atoms with Gasteiger partial charge in [0.15, 0.2) is 5.11 Å². The predicted octanol–water partition coefficient (Wildman–Crippen LogP) is 8.65. The van der Waals surface area contributed by atoms with Gasteiger partial charge in [-0.2, -0.15) is 0 Å². The molecule has 0 bridgehead atoms. The molecule has 2 unspecified atom stereocenters. The Hall–Kier alpha value is -4.47. The molecular formula is C35H33N5O2S2. The number of pyridine rings is 1. The zero-order valence-electron chi connectivity index (χ0n) is 25.2. The first-order chi connectivity index (χ1) is 21.1. The number of non-ortho nitro benzene ring substituents is 1. The fraction of sp³-hybridized carbons (Fsp3) is 0.200. The van der Waals surface area contributed by atoms with Crippen molar-refractivity contribution in [2.75, 3.05) is 4.90 Å². The van der Waals surface area contributed by atoms with Gasteiger partial charge in [-0.05, 0) is 118 Å². The highest BCUT2D eigenvalue weighted by molar-refractivity contribution is 7.99. The van der Waals surface area contributed by atoms with Gasteiger partial charge in [0, 0.05) is 45.2 Å². The summed E-state index contributed by atoms with van der Waals surface area (Å²) in [5.41, 5.74) is 10.5. The molecule has 44 heavy (non-hydrogen) atoms. The Morgan fingerprint density at radius 2 is 1.52 bits per heavy atom. The largest absolute Gasteiger partial charge is 0.351 e. The van der Waals surface area contributed by atoms with Crippen LogP contribution in [-0.2, 0) is 0 Å². The molecule has 0 spiro atoms. The summed E-state index contributed by atoms with van der Waals surface area (Å²) in [5.74, 6) is 0. The Labute approximate surface area is 267 Å². The number of aryl methyl sites for hydroxylation is 4. The Morgan fingerprint density at radius 3 is 2.11 bits per heavy atom. The topological polar surface area (TPSA) is 76.2 Å². The van der Waals surface area contributed by atoms with E-state index in [4.69, 9.17) is 17.2 Å². The third kappa shape index (κ3) is 5.49. The fourth-order valence-electron chi connectivity index (χ4n) is 6.35. The molecule has 2 atom stereocenters. The summed E-state index contributed by atoms with van der Waals surface area (Å²) in [6.45, 7) is 10.9. The molecule has 1 fully saturated rings. The summed E-state index contributed by atoms with van der Waals surface area (Å²) in [5, 5.41) is 15.3. The van der Waals surface area contributed by atoms with Crippen LogP contribution in [0.4, 0.5) is 11.4 Å². The van der Waals surface area contributed by atoms with Crippen molar-refractivity contribution < 1.29 is 4.92 Å². The minimum Gasteiger partial charge on any atom is -0.351 e. The van der Waals surface area contributed by atoms with Crippen molar-refractivity contribution in [3.05, 3.63) is 141 Å². The second-order valence-corrected chi connectivity index (χ2v) is 12.8. The molecule has 3 aromatic carbocycles. The van der Waals surface area contributed by atoms with Crippen molar-refractivity contribution in [1.29, 1.82) is 0 Å². The molecule has 3 heterocycles. The average Bonchev–Trinajstić information content (AvgIpc) is 3.49. The number of rotatable bonds is 7. The first-order valence-electron chi connectivity index (χ1n) is 14.4. The lowest BCUT2D eigenvalue weighted by molar-refractivity contribution is -0.384. The van der Waals surface area contributed by atoms with Gasteiger partial charge in [-0.25, -0.2) is 0 Å². The first-order valence-corrected chi connectivity index (χ1v) is 15.6. The van der Waals surface area contributed by atoms with Crippen LogP contribution in [0.2, 0.25) is 0 Å². The maximum Gasteiger partial charge on any atom is 0.269 e. The third-order valence-corrected chi connectivity index (χ3v) is 9.47. The van der Waals surface area contributed by atoms with E-state index in [1.807, 2.05) is 24.4 Å². The normalized spacial score (nSPS) is 16.3. The third-order valence-electron chi connectivity index (χ3n) is 8.14. The second-order valence-electron chi connectivity index (χ2n) is 11.3. The molecule has 0 radical (unpaired) electrons. The van der Waals surface area contributed by atoms with E-state index in [9.17, 15) is 10.1 Å². The second kappa shape index (κ2) is 11.9. The zero-order chi connectivity index (χ0) is 31.1. The number of nitrogens with zero attached hydrogens (tertiary/aromatic N) is 4. The molecule has 6 rings (SSSR count). The van der Waals surface area contributed by atoms with E-state index in [0.29, 0.717) is 5.11 Å². The van der Waals surface area contributed by atoms with Crippen LogP contribution in [0.25, 0.3) is 5.69 Å². The summed E-state index contributed by atoms with van der Waals surface area (Å²) in [4.78, 5) is 19.5. The van der Waals surface area contributed by atoms with E-state index < -0.39 is 0 Å². The number of aromatic nitrogens is 2. The lowest BCUT2D eigenvalue weighted by Gasteiger charge is -2.28. The van der Waals surface area contributed by atoms with E-state index >= 15 is 0 Å². The highest BCUT2D eigenvalue weighted by atomic mass is 32.2. The fourth-order valence-corrected chi connectivity index (χ4v) is 7.51. The van der Waals surface area contributed by atoms with E-state index in [1.54, 1.807) is 23.9 Å². The number of nitro benzene ring substituents is 1. The van der Waals surface area contributed by atoms with Gasteiger partial charge in [0.25, 0.3) is 5.69 Å². The van der Waals surface area contributed by atoms with Crippen LogP contribution < -0.4 is 10.2 Å². The van der Waals surface area contributed by atoms with E-state index in [-0.39, 0.29) is 22.7 Å². The van der Waals surface area contributed by atoms with Gasteiger partial charge in [0.1, 0.15) is 0 Å². The molecule has 7 nitrogen and oxygen atoms in total. The van der Waals surface area contributed by atoms with E-state index in [2.05, 4.69) is 91.9 Å². The molecule has 5 aromatic rings. The zero-order valence-corrected chi connectivity index (χ0v) is 26.9. The van der Waals surface area contributed by atoms with Crippen LogP contribution in [-0.4, -0.2) is 19.6 Å². The van der Waals surface area contributed by atoms with Crippen LogP contribution in [0, 0.1) is 44.7 Å². The van der Waals surface area contributed by atoms with Gasteiger partial charge in [-0.1, -0.05) is 35.5 Å². The Kier molecular flexibility index (Phi) is 8.00. The maximum absolute atomic E-state index is 11.0. The van der Waals surface area contributed by atoms with Gasteiger partial charge in [-0.3, -0.25) is 15.1 Å². The highest BCUT2D eigenvalue weighted by Gasteiger charge is 2.42. The monoisotopic (exact) mass is 619 g/mol. The summed E-state index contributed by atoms with van der Waals surface area (Å²) in [7, 11) is 0. The van der Waals surface area contributed by atoms with Crippen LogP contribution in [0.5, 0.6) is 0 Å². The SMILES string of the molecule is Cc1cc(C)c(-n2c(C)cc(C3C(c4ccccn4)NC(=S)N3c3ccc(Sc4ccc([N+](=O)[O-])cc4)cc3)c2C)c(C)c1. The van der Waals surface area contributed by atoms with Crippen molar-refractivity contribution in [1.82, 2.24) is 14.9 Å². The van der Waals surface area contributed by atoms with Crippen molar-refractivity contribution in [2.24, 2.45) is 0 Å². The Bertz CT molecular complexity index is 1850. The lowest BCUT2D eigenvalue weighted by Crippen LogP contribution is -2.29. The summed E-state index contributed by atoms with van der Waals surface area (Å²) in [6, 6.07) is 27.4. The van der Waals surface area contributed by atoms with Crippen molar-refractivity contribution in [3.63, 3.8) is 0 Å². The summed E-state index contributed by atoms with van der Waals surface area (Å²) < 4.78 is 2.37. The molecule has 2 aromatic heterocycles. The Balaban J connectivity index is 1.40. The number of nitro groups is 1. The number of nitrogens with one attached hydrogen (secondary N) is 1. The molecular weight excluding hydrogens is 587 g/mol. The van der Waals surface area contributed by atoms with Crippen LogP contribution in [0.15, 0.2) is 101 Å². The molecule has 222 valence electrons. The summed E-state index contributed by atoms with van der Waals surface area (Å²) in [6.07, 6.45) is 1.83.